The Kier molecular flexibility index (Phi) is 7.25. The average Bonchev–Trinajstić information content (AvgIpc) is 2.65. The van der Waals surface area contributed by atoms with Gasteiger partial charge < -0.3 is 15.4 Å². The molecule has 0 spiro atoms. The van der Waals surface area contributed by atoms with E-state index in [2.05, 4.69) is 10.1 Å². The second kappa shape index (κ2) is 9.63. The number of hydrogen-bond donors (Lipinski definition) is 2. The molecule has 0 bridgehead atoms. The molecule has 2 aromatic carbocycles. The molecule has 0 radical (unpaired) electrons. The summed E-state index contributed by atoms with van der Waals surface area (Å²) < 4.78 is 31.4. The van der Waals surface area contributed by atoms with Crippen molar-refractivity contribution in [2.45, 2.75) is 13.0 Å². The first-order valence-corrected chi connectivity index (χ1v) is 8.32. The van der Waals surface area contributed by atoms with E-state index in [0.29, 0.717) is 31.3 Å². The van der Waals surface area contributed by atoms with E-state index in [4.69, 9.17) is 5.73 Å². The summed E-state index contributed by atoms with van der Waals surface area (Å²) in [4.78, 5) is 25.4. The fraction of sp³-hybridized carbons (Fsp3) is 0.263. The summed E-state index contributed by atoms with van der Waals surface area (Å²) in [6.07, 6.45) is -0.0402. The number of nitrogens with one attached hydrogen (secondary N) is 1. The lowest BCUT2D eigenvalue weighted by Crippen LogP contribution is -2.32. The van der Waals surface area contributed by atoms with Crippen LogP contribution in [0.3, 0.4) is 0 Å². The molecule has 0 saturated heterocycles. The number of carbonyl (C=O) groups is 2. The predicted octanol–water partition coefficient (Wildman–Crippen LogP) is 3.13. The lowest BCUT2D eigenvalue weighted by Gasteiger charge is -2.23. The van der Waals surface area contributed by atoms with Crippen molar-refractivity contribution in [3.05, 3.63) is 65.2 Å². The Morgan fingerprint density at radius 2 is 1.74 bits per heavy atom. The van der Waals surface area contributed by atoms with Gasteiger partial charge in [-0.25, -0.2) is 13.6 Å². The maximum atomic E-state index is 13.4. The number of nitrogens with two attached hydrogens (primary N) is 1. The van der Waals surface area contributed by atoms with Crippen molar-refractivity contribution in [1.29, 1.82) is 0 Å². The molecule has 2 aromatic rings. The SMILES string of the molecule is COC(=O)Nc1ccc(CN(CCCN)C(=O)c2cc(F)cc(F)c2)cc1. The van der Waals surface area contributed by atoms with Crippen LogP contribution in [-0.4, -0.2) is 37.1 Å². The van der Waals surface area contributed by atoms with Crippen LogP contribution in [0.15, 0.2) is 42.5 Å². The van der Waals surface area contributed by atoms with Crippen molar-refractivity contribution in [2.75, 3.05) is 25.5 Å². The predicted molar refractivity (Wildman–Crippen MR) is 97.2 cm³/mol. The molecule has 0 aromatic heterocycles. The van der Waals surface area contributed by atoms with Crippen LogP contribution in [0.4, 0.5) is 19.3 Å². The largest absolute Gasteiger partial charge is 0.453 e. The molecular formula is C19H21F2N3O3. The maximum absolute atomic E-state index is 13.4. The Labute approximate surface area is 155 Å². The summed E-state index contributed by atoms with van der Waals surface area (Å²) in [5.41, 5.74) is 6.79. The third-order valence-electron chi connectivity index (χ3n) is 3.79. The molecule has 0 fully saturated rings. The van der Waals surface area contributed by atoms with Crippen LogP contribution in [0.2, 0.25) is 0 Å². The smallest absolute Gasteiger partial charge is 0.411 e. The number of methoxy groups -OCH3 is 1. The molecule has 3 N–H and O–H groups in total. The number of ether oxygens (including phenoxy) is 1. The number of anilines is 1. The summed E-state index contributed by atoms with van der Waals surface area (Å²) in [6.45, 7) is 0.953. The lowest BCUT2D eigenvalue weighted by atomic mass is 10.1. The van der Waals surface area contributed by atoms with E-state index in [-0.39, 0.29) is 12.1 Å². The van der Waals surface area contributed by atoms with E-state index in [1.165, 1.54) is 12.0 Å². The Bertz CT molecular complexity index is 777. The van der Waals surface area contributed by atoms with Crippen LogP contribution in [-0.2, 0) is 11.3 Å². The zero-order chi connectivity index (χ0) is 19.8. The topological polar surface area (TPSA) is 84.7 Å². The zero-order valence-electron chi connectivity index (χ0n) is 14.9. The van der Waals surface area contributed by atoms with Gasteiger partial charge in [0.05, 0.1) is 7.11 Å². The normalized spacial score (nSPS) is 10.4. The van der Waals surface area contributed by atoms with Crippen LogP contribution in [0, 0.1) is 11.6 Å². The van der Waals surface area contributed by atoms with E-state index in [1.54, 1.807) is 24.3 Å². The molecule has 0 saturated carbocycles. The molecule has 0 heterocycles. The summed E-state index contributed by atoms with van der Waals surface area (Å²) in [6, 6.07) is 9.53. The molecule has 0 atom stereocenters. The number of hydrogen-bond acceptors (Lipinski definition) is 4. The minimum absolute atomic E-state index is 0.0616. The molecule has 27 heavy (non-hydrogen) atoms. The quantitative estimate of drug-likeness (QED) is 0.776. The van der Waals surface area contributed by atoms with Gasteiger partial charge in [0.1, 0.15) is 11.6 Å². The standard InChI is InChI=1S/C19H21F2N3O3/c1-27-19(26)23-17-5-3-13(4-6-17)12-24(8-2-7-22)18(25)14-9-15(20)11-16(21)10-14/h3-6,9-11H,2,7-8,12,22H2,1H3,(H,23,26). The van der Waals surface area contributed by atoms with E-state index in [9.17, 15) is 18.4 Å². The van der Waals surface area contributed by atoms with Crippen LogP contribution in [0.1, 0.15) is 22.3 Å². The minimum atomic E-state index is -0.810. The Morgan fingerprint density at radius 1 is 1.11 bits per heavy atom. The van der Waals surface area contributed by atoms with Crippen molar-refractivity contribution in [3.63, 3.8) is 0 Å². The third-order valence-corrected chi connectivity index (χ3v) is 3.79. The molecule has 6 nitrogen and oxygen atoms in total. The number of amides is 2. The van der Waals surface area contributed by atoms with Gasteiger partial charge in [0, 0.05) is 30.4 Å². The number of benzene rings is 2. The molecule has 0 aliphatic carbocycles. The van der Waals surface area contributed by atoms with Gasteiger partial charge in [0.2, 0.25) is 0 Å². The summed E-state index contributed by atoms with van der Waals surface area (Å²) >= 11 is 0. The van der Waals surface area contributed by atoms with Gasteiger partial charge in [-0.15, -0.1) is 0 Å². The van der Waals surface area contributed by atoms with Crippen molar-refractivity contribution in [2.24, 2.45) is 5.73 Å². The van der Waals surface area contributed by atoms with Gasteiger partial charge in [0.25, 0.3) is 5.91 Å². The van der Waals surface area contributed by atoms with E-state index < -0.39 is 23.6 Å². The fourth-order valence-corrected chi connectivity index (χ4v) is 2.48. The molecule has 0 unspecified atom stereocenters. The number of nitrogens with zero attached hydrogens (tertiary/aromatic N) is 1. The lowest BCUT2D eigenvalue weighted by molar-refractivity contribution is 0.0741. The maximum Gasteiger partial charge on any atom is 0.411 e. The first-order valence-electron chi connectivity index (χ1n) is 8.32. The van der Waals surface area contributed by atoms with Crippen molar-refractivity contribution >= 4 is 17.7 Å². The van der Waals surface area contributed by atoms with Crippen molar-refractivity contribution < 1.29 is 23.1 Å². The number of carbonyl (C=O) groups excluding carboxylic acids is 2. The van der Waals surface area contributed by atoms with Crippen LogP contribution in [0.25, 0.3) is 0 Å². The van der Waals surface area contributed by atoms with Gasteiger partial charge in [-0.2, -0.15) is 0 Å². The monoisotopic (exact) mass is 377 g/mol. The molecule has 2 rings (SSSR count). The van der Waals surface area contributed by atoms with Crippen LogP contribution in [0.5, 0.6) is 0 Å². The summed E-state index contributed by atoms with van der Waals surface area (Å²) in [5.74, 6) is -2.11. The summed E-state index contributed by atoms with van der Waals surface area (Å²) in [7, 11) is 1.26. The van der Waals surface area contributed by atoms with Gasteiger partial charge in [-0.3, -0.25) is 10.1 Å². The Hall–Kier alpha value is -3.00. The minimum Gasteiger partial charge on any atom is -0.453 e. The van der Waals surface area contributed by atoms with Gasteiger partial charge in [-0.1, -0.05) is 12.1 Å². The van der Waals surface area contributed by atoms with E-state index in [1.807, 2.05) is 0 Å². The number of halogens is 2. The average molecular weight is 377 g/mol. The van der Waals surface area contributed by atoms with Crippen molar-refractivity contribution in [1.82, 2.24) is 4.90 Å². The highest BCUT2D eigenvalue weighted by Gasteiger charge is 2.17. The van der Waals surface area contributed by atoms with Crippen LogP contribution >= 0.6 is 0 Å². The molecule has 0 aliphatic rings. The second-order valence-electron chi connectivity index (χ2n) is 5.84. The van der Waals surface area contributed by atoms with Gasteiger partial charge >= 0.3 is 6.09 Å². The highest BCUT2D eigenvalue weighted by molar-refractivity contribution is 5.94. The molecular weight excluding hydrogens is 356 g/mol. The van der Waals surface area contributed by atoms with Crippen LogP contribution < -0.4 is 11.1 Å². The molecule has 0 aliphatic heterocycles. The highest BCUT2D eigenvalue weighted by atomic mass is 19.1. The fourth-order valence-electron chi connectivity index (χ4n) is 2.48. The third kappa shape index (κ3) is 6.03. The molecule has 8 heteroatoms. The molecule has 144 valence electrons. The van der Waals surface area contributed by atoms with Gasteiger partial charge in [0.15, 0.2) is 0 Å². The van der Waals surface area contributed by atoms with Gasteiger partial charge in [-0.05, 0) is 42.8 Å². The Balaban J connectivity index is 2.16. The van der Waals surface area contributed by atoms with E-state index in [0.717, 1.165) is 17.7 Å². The molecule has 2 amide bonds. The Morgan fingerprint density at radius 3 is 2.30 bits per heavy atom. The second-order valence-corrected chi connectivity index (χ2v) is 5.84. The van der Waals surface area contributed by atoms with Crippen molar-refractivity contribution in [3.8, 4) is 0 Å². The summed E-state index contributed by atoms with van der Waals surface area (Å²) in [5, 5.41) is 2.53. The highest BCUT2D eigenvalue weighted by Crippen LogP contribution is 2.16. The number of rotatable bonds is 7. The first-order chi connectivity index (χ1) is 12.9. The van der Waals surface area contributed by atoms with E-state index >= 15 is 0 Å². The first kappa shape index (κ1) is 20.3. The zero-order valence-corrected chi connectivity index (χ0v) is 14.9.